The molecule has 2 atom stereocenters. The van der Waals surface area contributed by atoms with Crippen molar-refractivity contribution in [3.63, 3.8) is 0 Å². The van der Waals surface area contributed by atoms with E-state index in [0.29, 0.717) is 18.9 Å². The van der Waals surface area contributed by atoms with Gasteiger partial charge in [0.15, 0.2) is 0 Å². The number of hydrogen-bond acceptors (Lipinski definition) is 3. The quantitative estimate of drug-likeness (QED) is 0.857. The van der Waals surface area contributed by atoms with E-state index in [1.165, 1.54) is 5.56 Å². The van der Waals surface area contributed by atoms with Crippen LogP contribution in [0.3, 0.4) is 0 Å². The fourth-order valence-electron chi connectivity index (χ4n) is 4.03. The third kappa shape index (κ3) is 4.11. The summed E-state index contributed by atoms with van der Waals surface area (Å²) in [7, 11) is 0. The van der Waals surface area contributed by atoms with Crippen molar-refractivity contribution in [3.05, 3.63) is 34.9 Å². The van der Waals surface area contributed by atoms with Crippen molar-refractivity contribution < 1.29 is 9.53 Å². The molecule has 0 radical (unpaired) electrons. The largest absolute Gasteiger partial charge is 0.381 e. The van der Waals surface area contributed by atoms with Crippen LogP contribution in [0.2, 0.25) is 5.02 Å². The van der Waals surface area contributed by atoms with Gasteiger partial charge in [0.2, 0.25) is 5.91 Å². The average molecular weight is 351 g/mol. The van der Waals surface area contributed by atoms with Gasteiger partial charge in [-0.1, -0.05) is 30.2 Å². The number of rotatable bonds is 5. The van der Waals surface area contributed by atoms with Gasteiger partial charge in [-0.15, -0.1) is 0 Å². The molecule has 0 bridgehead atoms. The van der Waals surface area contributed by atoms with Gasteiger partial charge in [-0.05, 0) is 49.3 Å². The van der Waals surface area contributed by atoms with E-state index >= 15 is 0 Å². The topological polar surface area (TPSA) is 64.4 Å². The predicted molar refractivity (Wildman–Crippen MR) is 96.1 cm³/mol. The first-order chi connectivity index (χ1) is 11.6. The molecule has 1 saturated heterocycles. The van der Waals surface area contributed by atoms with E-state index in [1.54, 1.807) is 0 Å². The molecular weight excluding hydrogens is 324 g/mol. The Morgan fingerprint density at radius 2 is 1.96 bits per heavy atom. The van der Waals surface area contributed by atoms with Crippen molar-refractivity contribution in [3.8, 4) is 0 Å². The maximum Gasteiger partial charge on any atom is 0.220 e. The lowest BCUT2D eigenvalue weighted by Crippen LogP contribution is -2.45. The number of carbonyl (C=O) groups is 1. The lowest BCUT2D eigenvalue weighted by Gasteiger charge is -2.38. The molecule has 2 fully saturated rings. The van der Waals surface area contributed by atoms with Crippen molar-refractivity contribution in [1.29, 1.82) is 0 Å². The minimum atomic E-state index is -0.0592. The molecule has 1 aliphatic carbocycles. The number of amides is 1. The molecule has 24 heavy (non-hydrogen) atoms. The van der Waals surface area contributed by atoms with Gasteiger partial charge in [0.1, 0.15) is 0 Å². The van der Waals surface area contributed by atoms with Crippen LogP contribution < -0.4 is 11.1 Å². The fourth-order valence-corrected chi connectivity index (χ4v) is 4.16. The molecule has 3 N–H and O–H groups in total. The van der Waals surface area contributed by atoms with Crippen LogP contribution in [0.4, 0.5) is 0 Å². The van der Waals surface area contributed by atoms with E-state index in [0.717, 1.165) is 50.3 Å². The van der Waals surface area contributed by atoms with Crippen LogP contribution in [0.15, 0.2) is 24.3 Å². The van der Waals surface area contributed by atoms with Crippen molar-refractivity contribution >= 4 is 17.5 Å². The molecule has 1 aromatic carbocycles. The first-order valence-corrected chi connectivity index (χ1v) is 9.33. The number of carbonyl (C=O) groups excluding carboxylic acids is 1. The van der Waals surface area contributed by atoms with Crippen LogP contribution in [0.25, 0.3) is 0 Å². The van der Waals surface area contributed by atoms with Crippen LogP contribution >= 0.6 is 11.6 Å². The normalized spacial score (nSPS) is 26.2. The highest BCUT2D eigenvalue weighted by Crippen LogP contribution is 2.35. The highest BCUT2D eigenvalue weighted by Gasteiger charge is 2.35. The summed E-state index contributed by atoms with van der Waals surface area (Å²) in [6.45, 7) is 2.11. The zero-order valence-corrected chi connectivity index (χ0v) is 14.9. The van der Waals surface area contributed by atoms with E-state index in [1.807, 2.05) is 12.1 Å². The molecule has 0 aromatic heterocycles. The maximum absolute atomic E-state index is 12.4. The van der Waals surface area contributed by atoms with Crippen LogP contribution in [0.1, 0.15) is 44.1 Å². The van der Waals surface area contributed by atoms with Gasteiger partial charge in [0.25, 0.3) is 0 Å². The molecule has 5 heteroatoms. The highest BCUT2D eigenvalue weighted by atomic mass is 35.5. The van der Waals surface area contributed by atoms with Crippen molar-refractivity contribution in [2.24, 2.45) is 11.7 Å². The highest BCUT2D eigenvalue weighted by molar-refractivity contribution is 6.30. The molecule has 1 amide bonds. The minimum absolute atomic E-state index is 0.0592. The molecule has 4 nitrogen and oxygen atoms in total. The Morgan fingerprint density at radius 3 is 2.58 bits per heavy atom. The summed E-state index contributed by atoms with van der Waals surface area (Å²) in [4.78, 5) is 12.4. The molecule has 1 aromatic rings. The van der Waals surface area contributed by atoms with E-state index in [2.05, 4.69) is 17.4 Å². The summed E-state index contributed by atoms with van der Waals surface area (Å²) < 4.78 is 5.54. The Bertz CT molecular complexity index is 555. The van der Waals surface area contributed by atoms with Gasteiger partial charge in [0, 0.05) is 42.7 Å². The Hall–Kier alpha value is -1.10. The number of halogens is 1. The second-order valence-corrected chi connectivity index (χ2v) is 7.67. The summed E-state index contributed by atoms with van der Waals surface area (Å²) in [6, 6.07) is 8.18. The van der Waals surface area contributed by atoms with Crippen LogP contribution in [0.5, 0.6) is 0 Å². The molecular formula is C19H27ClN2O2. The van der Waals surface area contributed by atoms with Gasteiger partial charge >= 0.3 is 0 Å². The van der Waals surface area contributed by atoms with Crippen molar-refractivity contribution in [2.45, 2.75) is 50.0 Å². The molecule has 2 aliphatic rings. The van der Waals surface area contributed by atoms with Gasteiger partial charge in [-0.25, -0.2) is 0 Å². The monoisotopic (exact) mass is 350 g/mol. The number of benzene rings is 1. The van der Waals surface area contributed by atoms with E-state index < -0.39 is 0 Å². The summed E-state index contributed by atoms with van der Waals surface area (Å²) in [5, 5.41) is 3.91. The van der Waals surface area contributed by atoms with E-state index in [9.17, 15) is 4.79 Å². The van der Waals surface area contributed by atoms with Crippen molar-refractivity contribution in [1.82, 2.24) is 5.32 Å². The number of nitrogens with two attached hydrogens (primary N) is 1. The molecule has 1 saturated carbocycles. The number of ether oxygens (including phenoxy) is 1. The smallest absolute Gasteiger partial charge is 0.220 e. The molecule has 0 spiro atoms. The number of nitrogens with one attached hydrogen (secondary N) is 1. The summed E-state index contributed by atoms with van der Waals surface area (Å²) >= 11 is 6.03. The maximum atomic E-state index is 12.4. The standard InChI is InChI=1S/C19H27ClN2O2/c20-16-6-4-15(5-7-16)19(8-10-24-11-9-19)13-22-18(23)12-14-2-1-3-17(14)21/h4-7,14,17H,1-3,8-13,21H2,(H,22,23)/t14-,17+/m0/s1. The third-order valence-electron chi connectivity index (χ3n) is 5.70. The van der Waals surface area contributed by atoms with Gasteiger partial charge in [-0.2, -0.15) is 0 Å². The second-order valence-electron chi connectivity index (χ2n) is 7.24. The van der Waals surface area contributed by atoms with Crippen LogP contribution in [-0.4, -0.2) is 31.7 Å². The Balaban J connectivity index is 1.64. The average Bonchev–Trinajstić information content (AvgIpc) is 2.99. The first-order valence-electron chi connectivity index (χ1n) is 8.95. The summed E-state index contributed by atoms with van der Waals surface area (Å²) in [5.41, 5.74) is 7.26. The van der Waals surface area contributed by atoms with Gasteiger partial charge < -0.3 is 15.8 Å². The fraction of sp³-hybridized carbons (Fsp3) is 0.632. The van der Waals surface area contributed by atoms with Gasteiger partial charge in [-0.3, -0.25) is 4.79 Å². The molecule has 1 aliphatic heterocycles. The van der Waals surface area contributed by atoms with Gasteiger partial charge in [0.05, 0.1) is 0 Å². The summed E-state index contributed by atoms with van der Waals surface area (Å²) in [5.74, 6) is 0.461. The molecule has 132 valence electrons. The summed E-state index contributed by atoms with van der Waals surface area (Å²) in [6.07, 6.45) is 5.64. The number of hydrogen-bond donors (Lipinski definition) is 2. The van der Waals surface area contributed by atoms with Crippen molar-refractivity contribution in [2.75, 3.05) is 19.8 Å². The second kappa shape index (κ2) is 7.85. The van der Waals surface area contributed by atoms with Crippen LogP contribution in [0, 0.1) is 5.92 Å². The Kier molecular flexibility index (Phi) is 5.80. The zero-order valence-electron chi connectivity index (χ0n) is 14.1. The third-order valence-corrected chi connectivity index (χ3v) is 5.95. The molecule has 1 heterocycles. The molecule has 0 unspecified atom stereocenters. The van der Waals surface area contributed by atoms with Crippen LogP contribution in [-0.2, 0) is 14.9 Å². The van der Waals surface area contributed by atoms with E-state index in [4.69, 9.17) is 22.1 Å². The SMILES string of the molecule is N[C@@H]1CCC[C@H]1CC(=O)NCC1(c2ccc(Cl)cc2)CCOCC1. The lowest BCUT2D eigenvalue weighted by atomic mass is 9.74. The first kappa shape index (κ1) is 17.7. The Labute approximate surface area is 149 Å². The lowest BCUT2D eigenvalue weighted by molar-refractivity contribution is -0.122. The molecule has 3 rings (SSSR count). The van der Waals surface area contributed by atoms with E-state index in [-0.39, 0.29) is 17.4 Å². The Morgan fingerprint density at radius 1 is 1.25 bits per heavy atom. The minimum Gasteiger partial charge on any atom is -0.381 e. The predicted octanol–water partition coefficient (Wildman–Crippen LogP) is 3.02. The zero-order chi connectivity index (χ0) is 17.0.